The average molecular weight is 412 g/mol. The Morgan fingerprint density at radius 2 is 1.96 bits per heavy atom. The first-order chi connectivity index (χ1) is 13.5. The summed E-state index contributed by atoms with van der Waals surface area (Å²) >= 11 is 3.15. The van der Waals surface area contributed by atoms with Gasteiger partial charge in [0.2, 0.25) is 5.91 Å². The smallest absolute Gasteiger partial charge is 0.236 e. The first-order valence-corrected chi connectivity index (χ1v) is 11.7. The molecule has 0 bridgehead atoms. The van der Waals surface area contributed by atoms with Gasteiger partial charge in [-0.25, -0.2) is 9.97 Å². The second-order valence-electron chi connectivity index (χ2n) is 7.33. The van der Waals surface area contributed by atoms with Gasteiger partial charge in [-0.1, -0.05) is 30.8 Å². The van der Waals surface area contributed by atoms with Gasteiger partial charge in [-0.2, -0.15) is 0 Å². The second-order valence-corrected chi connectivity index (χ2v) is 9.38. The van der Waals surface area contributed by atoms with Crippen molar-refractivity contribution in [3.8, 4) is 0 Å². The number of hydrogen-bond donors (Lipinski definition) is 1. The highest BCUT2D eigenvalue weighted by atomic mass is 32.2. The van der Waals surface area contributed by atoms with Gasteiger partial charge in [-0.3, -0.25) is 4.79 Å². The van der Waals surface area contributed by atoms with Crippen LogP contribution in [0, 0.1) is 13.8 Å². The lowest BCUT2D eigenvalue weighted by molar-refractivity contribution is -0.113. The van der Waals surface area contributed by atoms with Crippen LogP contribution >= 0.6 is 23.1 Å². The topological polar surface area (TPSA) is 54.9 Å². The average Bonchev–Trinajstić information content (AvgIpc) is 3.11. The Labute approximate surface area is 174 Å². The fourth-order valence-corrected chi connectivity index (χ4v) is 5.58. The number of pyridine rings is 1. The third-order valence-electron chi connectivity index (χ3n) is 5.26. The van der Waals surface area contributed by atoms with Crippen LogP contribution in [0.25, 0.3) is 10.9 Å². The number of nitrogens with zero attached hydrogens (tertiary/aromatic N) is 2. The van der Waals surface area contributed by atoms with Crippen LogP contribution in [0.5, 0.6) is 0 Å². The molecule has 2 heterocycles. The lowest BCUT2D eigenvalue weighted by Gasteiger charge is -2.12. The van der Waals surface area contributed by atoms with Crippen molar-refractivity contribution in [1.29, 1.82) is 0 Å². The number of aromatic nitrogens is 2. The minimum absolute atomic E-state index is 0.0130. The van der Waals surface area contributed by atoms with Crippen LogP contribution in [0.15, 0.2) is 23.2 Å². The van der Waals surface area contributed by atoms with Crippen LogP contribution in [0.3, 0.4) is 0 Å². The number of amides is 1. The van der Waals surface area contributed by atoms with Crippen LogP contribution in [0.2, 0.25) is 0 Å². The molecule has 0 aliphatic heterocycles. The summed E-state index contributed by atoms with van der Waals surface area (Å²) in [6, 6.07) is 6.49. The second kappa shape index (κ2) is 8.21. The molecule has 0 unspecified atom stereocenters. The standard InChI is InChI=1S/C22H25N3OS2/c1-4-15-11-16-13(2)9-10-14(3)20(16)25-21(15)27-12-19(26)24-22-23-17-7-5-6-8-18(17)28-22/h9-11H,4-8,12H2,1-3H3,(H,23,24,26). The van der Waals surface area contributed by atoms with Crippen molar-refractivity contribution < 1.29 is 4.79 Å². The number of benzene rings is 1. The fourth-order valence-electron chi connectivity index (χ4n) is 3.63. The van der Waals surface area contributed by atoms with Crippen molar-refractivity contribution in [2.24, 2.45) is 0 Å². The molecule has 1 aliphatic carbocycles. The van der Waals surface area contributed by atoms with Crippen LogP contribution < -0.4 is 5.32 Å². The SMILES string of the molecule is CCc1cc2c(C)ccc(C)c2nc1SCC(=O)Nc1nc2c(s1)CCCC2. The number of nitrogens with one attached hydrogen (secondary N) is 1. The Morgan fingerprint density at radius 1 is 1.18 bits per heavy atom. The van der Waals surface area contributed by atoms with Crippen LogP contribution in [0.4, 0.5) is 5.13 Å². The number of thiazole rings is 1. The van der Waals surface area contributed by atoms with Crippen molar-refractivity contribution in [3.05, 3.63) is 45.5 Å². The summed E-state index contributed by atoms with van der Waals surface area (Å²) in [5.41, 5.74) is 5.82. The summed E-state index contributed by atoms with van der Waals surface area (Å²) in [5.74, 6) is 0.335. The van der Waals surface area contributed by atoms with Gasteiger partial charge >= 0.3 is 0 Å². The zero-order valence-electron chi connectivity index (χ0n) is 16.6. The summed E-state index contributed by atoms with van der Waals surface area (Å²) in [4.78, 5) is 23.3. The molecule has 0 saturated carbocycles. The fraction of sp³-hybridized carbons (Fsp3) is 0.409. The van der Waals surface area contributed by atoms with E-state index >= 15 is 0 Å². The van der Waals surface area contributed by atoms with E-state index in [0.717, 1.165) is 34.9 Å². The number of fused-ring (bicyclic) bond motifs is 2. The minimum Gasteiger partial charge on any atom is -0.301 e. The molecular formula is C22H25N3OS2. The molecule has 1 amide bonds. The highest BCUT2D eigenvalue weighted by Gasteiger charge is 2.17. The van der Waals surface area contributed by atoms with Gasteiger partial charge in [0, 0.05) is 10.3 Å². The maximum absolute atomic E-state index is 12.5. The number of thioether (sulfide) groups is 1. The molecule has 146 valence electrons. The highest BCUT2D eigenvalue weighted by Crippen LogP contribution is 2.31. The summed E-state index contributed by atoms with van der Waals surface area (Å²) in [7, 11) is 0. The third kappa shape index (κ3) is 3.94. The Hall–Kier alpha value is -1.92. The van der Waals surface area contributed by atoms with Gasteiger partial charge in [-0.05, 0) is 68.7 Å². The molecule has 1 N–H and O–H groups in total. The van der Waals surface area contributed by atoms with E-state index in [1.807, 2.05) is 0 Å². The maximum Gasteiger partial charge on any atom is 0.236 e. The van der Waals surface area contributed by atoms with Crippen molar-refractivity contribution >= 4 is 45.0 Å². The molecule has 0 radical (unpaired) electrons. The molecule has 0 saturated heterocycles. The van der Waals surface area contributed by atoms with E-state index in [-0.39, 0.29) is 5.91 Å². The predicted octanol–water partition coefficient (Wildman–Crippen LogP) is 5.48. The molecule has 6 heteroatoms. The van der Waals surface area contributed by atoms with Gasteiger partial charge in [0.05, 0.1) is 17.0 Å². The molecule has 1 aliphatic rings. The van der Waals surface area contributed by atoms with Crippen molar-refractivity contribution in [3.63, 3.8) is 0 Å². The molecule has 2 aromatic heterocycles. The molecule has 1 aromatic carbocycles. The molecule has 0 spiro atoms. The van der Waals surface area contributed by atoms with Gasteiger partial charge in [0.1, 0.15) is 5.03 Å². The lowest BCUT2D eigenvalue weighted by Crippen LogP contribution is -2.14. The summed E-state index contributed by atoms with van der Waals surface area (Å²) in [6.07, 6.45) is 5.46. The van der Waals surface area contributed by atoms with Gasteiger partial charge in [-0.15, -0.1) is 11.3 Å². The van der Waals surface area contributed by atoms with E-state index in [4.69, 9.17) is 4.98 Å². The Kier molecular flexibility index (Phi) is 5.69. The first-order valence-electron chi connectivity index (χ1n) is 9.86. The van der Waals surface area contributed by atoms with E-state index in [0.29, 0.717) is 5.75 Å². The minimum atomic E-state index is -0.0130. The van der Waals surface area contributed by atoms with E-state index in [1.165, 1.54) is 57.3 Å². The number of carbonyl (C=O) groups excluding carboxylic acids is 1. The van der Waals surface area contributed by atoms with Crippen LogP contribution in [0.1, 0.15) is 47.0 Å². The van der Waals surface area contributed by atoms with Gasteiger partial charge in [0.25, 0.3) is 0 Å². The zero-order valence-corrected chi connectivity index (χ0v) is 18.2. The maximum atomic E-state index is 12.5. The third-order valence-corrected chi connectivity index (χ3v) is 7.36. The van der Waals surface area contributed by atoms with Crippen molar-refractivity contribution in [1.82, 2.24) is 9.97 Å². The summed E-state index contributed by atoms with van der Waals surface area (Å²) in [5, 5.41) is 5.89. The van der Waals surface area contributed by atoms with Crippen LogP contribution in [-0.4, -0.2) is 21.6 Å². The number of rotatable bonds is 5. The van der Waals surface area contributed by atoms with Crippen molar-refractivity contribution in [2.75, 3.05) is 11.1 Å². The Bertz CT molecular complexity index is 1020. The number of carbonyl (C=O) groups is 1. The molecule has 4 nitrogen and oxygen atoms in total. The first kappa shape index (κ1) is 19.4. The Morgan fingerprint density at radius 3 is 2.75 bits per heavy atom. The van der Waals surface area contributed by atoms with E-state index in [1.54, 1.807) is 11.3 Å². The van der Waals surface area contributed by atoms with Crippen molar-refractivity contribution in [2.45, 2.75) is 57.9 Å². The largest absolute Gasteiger partial charge is 0.301 e. The lowest BCUT2D eigenvalue weighted by atomic mass is 10.0. The van der Waals surface area contributed by atoms with Gasteiger partial charge < -0.3 is 5.32 Å². The Balaban J connectivity index is 1.49. The molecule has 28 heavy (non-hydrogen) atoms. The van der Waals surface area contributed by atoms with Gasteiger partial charge in [0.15, 0.2) is 5.13 Å². The quantitative estimate of drug-likeness (QED) is 0.565. The number of hydrogen-bond acceptors (Lipinski definition) is 5. The molecule has 4 rings (SSSR count). The summed E-state index contributed by atoms with van der Waals surface area (Å²) in [6.45, 7) is 6.35. The van der Waals surface area contributed by atoms with E-state index < -0.39 is 0 Å². The number of aryl methyl sites for hydroxylation is 5. The monoisotopic (exact) mass is 411 g/mol. The normalized spacial score (nSPS) is 13.5. The highest BCUT2D eigenvalue weighted by molar-refractivity contribution is 8.00. The molecule has 3 aromatic rings. The summed E-state index contributed by atoms with van der Waals surface area (Å²) < 4.78 is 0. The number of anilines is 1. The molecule has 0 atom stereocenters. The zero-order chi connectivity index (χ0) is 19.7. The molecular weight excluding hydrogens is 386 g/mol. The van der Waals surface area contributed by atoms with E-state index in [2.05, 4.69) is 49.3 Å². The predicted molar refractivity (Wildman–Crippen MR) is 119 cm³/mol. The van der Waals surface area contributed by atoms with Crippen LogP contribution in [-0.2, 0) is 24.1 Å². The van der Waals surface area contributed by atoms with E-state index in [9.17, 15) is 4.79 Å². The molecule has 0 fully saturated rings.